The number of benzene rings is 1. The Morgan fingerprint density at radius 2 is 2.10 bits per heavy atom. The number of nitrogens with two attached hydrogens (primary N) is 2. The molecule has 2 heterocycles. The van der Waals surface area contributed by atoms with E-state index < -0.39 is 5.91 Å². The molecule has 3 rings (SSSR count). The van der Waals surface area contributed by atoms with Crippen molar-refractivity contribution in [2.24, 2.45) is 11.6 Å². The summed E-state index contributed by atoms with van der Waals surface area (Å²) in [4.78, 5) is 28.5. The summed E-state index contributed by atoms with van der Waals surface area (Å²) in [5.74, 6) is 5.07. The van der Waals surface area contributed by atoms with E-state index in [4.69, 9.17) is 11.6 Å². The van der Waals surface area contributed by atoms with Gasteiger partial charge < -0.3 is 15.7 Å². The summed E-state index contributed by atoms with van der Waals surface area (Å²) in [5.41, 5.74) is 8.12. The molecule has 0 spiro atoms. The minimum absolute atomic E-state index is 0.177. The van der Waals surface area contributed by atoms with Crippen molar-refractivity contribution in [1.82, 2.24) is 9.97 Å². The maximum Gasteiger partial charge on any atom is 0.253 e. The lowest BCUT2D eigenvalue weighted by Gasteiger charge is -2.08. The standard InChI is InChI=1S/C14H13N5O2/c15-13(21)12-9-4-3-8(10-2-1-5-17-10)6-11(9)18-14(12)19(16)7-20/h1-7,17-18H,16H2,(H2,15,21). The van der Waals surface area contributed by atoms with Crippen LogP contribution in [0, 0.1) is 0 Å². The van der Waals surface area contributed by atoms with Crippen LogP contribution in [0.15, 0.2) is 36.5 Å². The molecule has 6 N–H and O–H groups in total. The molecule has 2 aromatic heterocycles. The van der Waals surface area contributed by atoms with Gasteiger partial charge in [0.25, 0.3) is 5.91 Å². The van der Waals surface area contributed by atoms with E-state index >= 15 is 0 Å². The Morgan fingerprint density at radius 1 is 1.29 bits per heavy atom. The Balaban J connectivity index is 2.23. The van der Waals surface area contributed by atoms with E-state index in [0.29, 0.717) is 17.3 Å². The van der Waals surface area contributed by atoms with Crippen molar-refractivity contribution in [3.05, 3.63) is 42.1 Å². The van der Waals surface area contributed by atoms with Crippen LogP contribution in [0.25, 0.3) is 22.2 Å². The normalized spacial score (nSPS) is 10.7. The van der Waals surface area contributed by atoms with E-state index in [2.05, 4.69) is 9.97 Å². The van der Waals surface area contributed by atoms with Crippen LogP contribution < -0.4 is 16.6 Å². The van der Waals surface area contributed by atoms with Crippen molar-refractivity contribution >= 4 is 29.0 Å². The Labute approximate surface area is 119 Å². The molecule has 0 bridgehead atoms. The zero-order valence-electron chi connectivity index (χ0n) is 11.0. The molecule has 7 heteroatoms. The third kappa shape index (κ3) is 2.05. The smallest absolute Gasteiger partial charge is 0.253 e. The molecule has 0 aliphatic carbocycles. The van der Waals surface area contributed by atoms with Gasteiger partial charge in [0.2, 0.25) is 6.41 Å². The first-order valence-corrected chi connectivity index (χ1v) is 6.20. The molecular weight excluding hydrogens is 270 g/mol. The van der Waals surface area contributed by atoms with Gasteiger partial charge in [0, 0.05) is 28.4 Å². The van der Waals surface area contributed by atoms with Gasteiger partial charge in [-0.3, -0.25) is 9.59 Å². The molecule has 0 unspecified atom stereocenters. The maximum absolute atomic E-state index is 11.6. The number of carbonyl (C=O) groups excluding carboxylic acids is 2. The number of H-pyrrole nitrogens is 2. The summed E-state index contributed by atoms with van der Waals surface area (Å²) >= 11 is 0. The van der Waals surface area contributed by atoms with Crippen LogP contribution in [0.4, 0.5) is 5.82 Å². The Morgan fingerprint density at radius 3 is 2.71 bits per heavy atom. The molecule has 106 valence electrons. The van der Waals surface area contributed by atoms with E-state index in [0.717, 1.165) is 16.3 Å². The van der Waals surface area contributed by atoms with Crippen LogP contribution in [-0.2, 0) is 4.79 Å². The molecule has 0 saturated heterocycles. The third-order valence-electron chi connectivity index (χ3n) is 3.31. The summed E-state index contributed by atoms with van der Waals surface area (Å²) in [6.07, 6.45) is 2.23. The van der Waals surface area contributed by atoms with E-state index in [1.165, 1.54) is 0 Å². The number of rotatable bonds is 4. The van der Waals surface area contributed by atoms with Gasteiger partial charge in [0.15, 0.2) is 0 Å². The Hall–Kier alpha value is -3.06. The minimum atomic E-state index is -0.652. The molecule has 0 fully saturated rings. The number of hydrogen-bond acceptors (Lipinski definition) is 3. The van der Waals surface area contributed by atoms with E-state index in [1.807, 2.05) is 30.5 Å². The van der Waals surface area contributed by atoms with Crippen molar-refractivity contribution in [2.75, 3.05) is 5.01 Å². The fourth-order valence-electron chi connectivity index (χ4n) is 2.36. The van der Waals surface area contributed by atoms with Gasteiger partial charge in [-0.25, -0.2) is 10.9 Å². The first-order chi connectivity index (χ1) is 10.1. The summed E-state index contributed by atoms with van der Waals surface area (Å²) in [7, 11) is 0. The average molecular weight is 283 g/mol. The van der Waals surface area contributed by atoms with Gasteiger partial charge in [0.1, 0.15) is 5.82 Å². The first kappa shape index (κ1) is 12.9. The maximum atomic E-state index is 11.6. The summed E-state index contributed by atoms with van der Waals surface area (Å²) in [5, 5.41) is 1.42. The van der Waals surface area contributed by atoms with Crippen molar-refractivity contribution in [3.8, 4) is 11.3 Å². The van der Waals surface area contributed by atoms with Gasteiger partial charge in [-0.1, -0.05) is 12.1 Å². The third-order valence-corrected chi connectivity index (χ3v) is 3.31. The fraction of sp³-hybridized carbons (Fsp3) is 0. The highest BCUT2D eigenvalue weighted by molar-refractivity contribution is 6.12. The number of hydrazine groups is 1. The quantitative estimate of drug-likeness (QED) is 0.248. The second kappa shape index (κ2) is 4.80. The van der Waals surface area contributed by atoms with E-state index in [-0.39, 0.29) is 11.4 Å². The van der Waals surface area contributed by atoms with Gasteiger partial charge in [-0.2, -0.15) is 0 Å². The number of nitrogens with one attached hydrogen (secondary N) is 2. The highest BCUT2D eigenvalue weighted by atomic mass is 16.1. The lowest BCUT2D eigenvalue weighted by atomic mass is 10.1. The number of nitrogens with zero attached hydrogens (tertiary/aromatic N) is 1. The largest absolute Gasteiger partial charge is 0.365 e. The second-order valence-electron chi connectivity index (χ2n) is 4.57. The molecule has 1 aromatic carbocycles. The zero-order valence-corrected chi connectivity index (χ0v) is 11.0. The van der Waals surface area contributed by atoms with E-state index in [9.17, 15) is 9.59 Å². The number of aromatic amines is 2. The van der Waals surface area contributed by atoms with E-state index in [1.54, 1.807) is 6.07 Å². The van der Waals surface area contributed by atoms with Gasteiger partial charge in [-0.15, -0.1) is 0 Å². The number of fused-ring (bicyclic) bond motifs is 1. The van der Waals surface area contributed by atoms with Gasteiger partial charge >= 0.3 is 0 Å². The molecule has 0 atom stereocenters. The first-order valence-electron chi connectivity index (χ1n) is 6.20. The molecule has 7 nitrogen and oxygen atoms in total. The van der Waals surface area contributed by atoms with Crippen molar-refractivity contribution in [3.63, 3.8) is 0 Å². The number of aromatic nitrogens is 2. The topological polar surface area (TPSA) is 121 Å². The fourth-order valence-corrected chi connectivity index (χ4v) is 2.36. The van der Waals surface area contributed by atoms with Gasteiger partial charge in [0.05, 0.1) is 5.56 Å². The van der Waals surface area contributed by atoms with Gasteiger partial charge in [-0.05, 0) is 18.2 Å². The van der Waals surface area contributed by atoms with Crippen molar-refractivity contribution in [1.29, 1.82) is 0 Å². The van der Waals surface area contributed by atoms with Crippen LogP contribution in [0.3, 0.4) is 0 Å². The molecule has 0 aliphatic heterocycles. The molecule has 3 aromatic rings. The highest BCUT2D eigenvalue weighted by Crippen LogP contribution is 2.30. The second-order valence-corrected chi connectivity index (χ2v) is 4.57. The average Bonchev–Trinajstić information content (AvgIpc) is 3.12. The number of primary amides is 1. The summed E-state index contributed by atoms with van der Waals surface area (Å²) in [6, 6.07) is 9.31. The lowest BCUT2D eigenvalue weighted by Crippen LogP contribution is -2.31. The molecule has 0 saturated carbocycles. The molecule has 0 aliphatic rings. The summed E-state index contributed by atoms with van der Waals surface area (Å²) < 4.78 is 0. The number of anilines is 1. The Bertz CT molecular complexity index is 819. The monoisotopic (exact) mass is 283 g/mol. The predicted octanol–water partition coefficient (Wildman–Crippen LogP) is 1.10. The van der Waals surface area contributed by atoms with Crippen LogP contribution in [0.1, 0.15) is 10.4 Å². The van der Waals surface area contributed by atoms with Crippen LogP contribution in [0.2, 0.25) is 0 Å². The highest BCUT2D eigenvalue weighted by Gasteiger charge is 2.19. The number of hydrogen-bond donors (Lipinski definition) is 4. The Kier molecular flexibility index (Phi) is 2.96. The molecule has 2 amide bonds. The van der Waals surface area contributed by atoms with Crippen LogP contribution in [-0.4, -0.2) is 22.3 Å². The van der Waals surface area contributed by atoms with Crippen molar-refractivity contribution in [2.45, 2.75) is 0 Å². The number of carbonyl (C=O) groups is 2. The van der Waals surface area contributed by atoms with Crippen LogP contribution in [0.5, 0.6) is 0 Å². The number of amides is 2. The molecule has 21 heavy (non-hydrogen) atoms. The molecular formula is C14H13N5O2. The zero-order chi connectivity index (χ0) is 15.0. The summed E-state index contributed by atoms with van der Waals surface area (Å²) in [6.45, 7) is 0. The lowest BCUT2D eigenvalue weighted by molar-refractivity contribution is -0.107. The van der Waals surface area contributed by atoms with Crippen LogP contribution >= 0.6 is 0 Å². The minimum Gasteiger partial charge on any atom is -0.365 e. The SMILES string of the molecule is NC(=O)c1c(N(N)C=O)[nH]c2cc(-c3ccc[nH]3)ccc12. The molecule has 0 radical (unpaired) electrons. The van der Waals surface area contributed by atoms with Crippen molar-refractivity contribution < 1.29 is 9.59 Å². The predicted molar refractivity (Wildman–Crippen MR) is 79.3 cm³/mol.